The lowest BCUT2D eigenvalue weighted by Gasteiger charge is -2.20. The van der Waals surface area contributed by atoms with E-state index in [0.717, 1.165) is 0 Å². The van der Waals surface area contributed by atoms with E-state index in [1.54, 1.807) is 36.5 Å². The molecule has 0 saturated heterocycles. The third-order valence-electron chi connectivity index (χ3n) is 5.38. The number of nitrogens with one attached hydrogen (secondary N) is 1. The average Bonchev–Trinajstić information content (AvgIpc) is 2.89. The van der Waals surface area contributed by atoms with Crippen LogP contribution in [0.25, 0.3) is 16.6 Å². The highest BCUT2D eigenvalue weighted by Crippen LogP contribution is 2.24. The van der Waals surface area contributed by atoms with Gasteiger partial charge in [-0.05, 0) is 37.1 Å². The fourth-order valence-electron chi connectivity index (χ4n) is 3.72. The first kappa shape index (κ1) is 22.6. The molecule has 0 radical (unpaired) electrons. The van der Waals surface area contributed by atoms with Gasteiger partial charge < -0.3 is 11.1 Å². The Kier molecular flexibility index (Phi) is 6.03. The first-order valence-corrected chi connectivity index (χ1v) is 10.9. The van der Waals surface area contributed by atoms with E-state index in [1.807, 2.05) is 13.0 Å². The molecule has 0 amide bonds. The van der Waals surface area contributed by atoms with Crippen molar-refractivity contribution < 1.29 is 4.39 Å². The topological polar surface area (TPSA) is 124 Å². The number of para-hydroxylation sites is 1. The lowest BCUT2D eigenvalue weighted by Crippen LogP contribution is -2.28. The maximum atomic E-state index is 14.6. The summed E-state index contributed by atoms with van der Waals surface area (Å²) in [6.07, 6.45) is 5.92. The number of anilines is 2. The SMILES string of the molecule is CC(Nc1ncnc(N)c1C#Cc1cnccn1)c1nc2cccc(F)c2c(=O)n1-c1ccccc1. The molecule has 2 aromatic carbocycles. The number of halogens is 1. The van der Waals surface area contributed by atoms with Crippen LogP contribution in [-0.2, 0) is 0 Å². The van der Waals surface area contributed by atoms with Gasteiger partial charge in [-0.2, -0.15) is 0 Å². The zero-order valence-corrected chi connectivity index (χ0v) is 19.1. The highest BCUT2D eigenvalue weighted by atomic mass is 19.1. The summed E-state index contributed by atoms with van der Waals surface area (Å²) in [5.41, 5.74) is 7.19. The van der Waals surface area contributed by atoms with Gasteiger partial charge in [0.15, 0.2) is 0 Å². The molecule has 9 nitrogen and oxygen atoms in total. The molecule has 10 heteroatoms. The van der Waals surface area contributed by atoms with Crippen LogP contribution in [0.4, 0.5) is 16.0 Å². The molecule has 0 saturated carbocycles. The second-order valence-corrected chi connectivity index (χ2v) is 7.77. The molecule has 5 aromatic rings. The Morgan fingerprint density at radius 3 is 2.64 bits per heavy atom. The van der Waals surface area contributed by atoms with Crippen molar-refractivity contribution >= 4 is 22.5 Å². The molecule has 0 aliphatic rings. The number of aromatic nitrogens is 6. The first-order chi connectivity index (χ1) is 17.5. The molecule has 3 heterocycles. The Morgan fingerprint density at radius 2 is 1.86 bits per heavy atom. The van der Waals surface area contributed by atoms with Gasteiger partial charge in [-0.3, -0.25) is 14.3 Å². The van der Waals surface area contributed by atoms with E-state index in [4.69, 9.17) is 5.73 Å². The lowest BCUT2D eigenvalue weighted by molar-refractivity contribution is 0.635. The van der Waals surface area contributed by atoms with E-state index in [1.165, 1.54) is 35.4 Å². The van der Waals surface area contributed by atoms with Crippen LogP contribution in [0.5, 0.6) is 0 Å². The van der Waals surface area contributed by atoms with Crippen LogP contribution >= 0.6 is 0 Å². The van der Waals surface area contributed by atoms with E-state index in [-0.39, 0.29) is 16.7 Å². The van der Waals surface area contributed by atoms with Crippen LogP contribution in [0.2, 0.25) is 0 Å². The summed E-state index contributed by atoms with van der Waals surface area (Å²) in [5, 5.41) is 3.15. The molecule has 36 heavy (non-hydrogen) atoms. The van der Waals surface area contributed by atoms with Crippen molar-refractivity contribution in [1.29, 1.82) is 0 Å². The van der Waals surface area contributed by atoms with Gasteiger partial charge in [0, 0.05) is 12.4 Å². The zero-order valence-electron chi connectivity index (χ0n) is 19.1. The molecular weight excluding hydrogens is 459 g/mol. The third kappa shape index (κ3) is 4.33. The summed E-state index contributed by atoms with van der Waals surface area (Å²) in [7, 11) is 0. The van der Waals surface area contributed by atoms with Crippen LogP contribution in [-0.4, -0.2) is 29.5 Å². The van der Waals surface area contributed by atoms with Crippen molar-refractivity contribution in [2.24, 2.45) is 0 Å². The van der Waals surface area contributed by atoms with Crippen molar-refractivity contribution in [3.63, 3.8) is 0 Å². The van der Waals surface area contributed by atoms with Crippen molar-refractivity contribution in [2.45, 2.75) is 13.0 Å². The molecule has 0 fully saturated rings. The van der Waals surface area contributed by atoms with E-state index in [2.05, 4.69) is 42.1 Å². The fourth-order valence-corrected chi connectivity index (χ4v) is 3.72. The molecule has 3 N–H and O–H groups in total. The predicted octanol–water partition coefficient (Wildman–Crippen LogP) is 3.26. The summed E-state index contributed by atoms with van der Waals surface area (Å²) in [5.74, 6) is 6.08. The van der Waals surface area contributed by atoms with Gasteiger partial charge in [0.2, 0.25) is 0 Å². The minimum absolute atomic E-state index is 0.0842. The summed E-state index contributed by atoms with van der Waals surface area (Å²) in [4.78, 5) is 34.6. The molecule has 176 valence electrons. The maximum absolute atomic E-state index is 14.6. The monoisotopic (exact) mass is 478 g/mol. The maximum Gasteiger partial charge on any atom is 0.269 e. The van der Waals surface area contributed by atoms with Gasteiger partial charge in [0.1, 0.15) is 46.2 Å². The molecule has 0 spiro atoms. The van der Waals surface area contributed by atoms with Crippen LogP contribution in [0.1, 0.15) is 30.0 Å². The Bertz CT molecular complexity index is 1680. The largest absolute Gasteiger partial charge is 0.382 e. The highest BCUT2D eigenvalue weighted by Gasteiger charge is 2.21. The zero-order chi connectivity index (χ0) is 25.1. The third-order valence-corrected chi connectivity index (χ3v) is 5.38. The second kappa shape index (κ2) is 9.60. The summed E-state index contributed by atoms with van der Waals surface area (Å²) in [6, 6.07) is 12.7. The normalized spacial score (nSPS) is 11.5. The summed E-state index contributed by atoms with van der Waals surface area (Å²) >= 11 is 0. The lowest BCUT2D eigenvalue weighted by atomic mass is 10.2. The van der Waals surface area contributed by atoms with E-state index in [0.29, 0.717) is 28.6 Å². The number of rotatable bonds is 4. The van der Waals surface area contributed by atoms with E-state index in [9.17, 15) is 9.18 Å². The van der Waals surface area contributed by atoms with Crippen molar-refractivity contribution in [1.82, 2.24) is 29.5 Å². The minimum atomic E-state index is -0.632. The Balaban J connectivity index is 1.62. The molecule has 1 atom stereocenters. The Hall–Kier alpha value is -5.17. The predicted molar refractivity (Wildman–Crippen MR) is 134 cm³/mol. The van der Waals surface area contributed by atoms with Gasteiger partial charge in [-0.1, -0.05) is 30.2 Å². The van der Waals surface area contributed by atoms with E-state index < -0.39 is 17.4 Å². The van der Waals surface area contributed by atoms with Crippen molar-refractivity contribution in [3.8, 4) is 17.5 Å². The van der Waals surface area contributed by atoms with Crippen molar-refractivity contribution in [2.75, 3.05) is 11.1 Å². The molecule has 0 aliphatic carbocycles. The number of nitrogen functional groups attached to an aromatic ring is 1. The molecule has 5 rings (SSSR count). The quantitative estimate of drug-likeness (QED) is 0.377. The van der Waals surface area contributed by atoms with Crippen LogP contribution in [0.15, 0.2) is 78.2 Å². The Labute approximate surface area is 204 Å². The molecule has 0 bridgehead atoms. The number of hydrogen-bond acceptors (Lipinski definition) is 8. The summed E-state index contributed by atoms with van der Waals surface area (Å²) in [6.45, 7) is 1.81. The van der Waals surface area contributed by atoms with Crippen LogP contribution < -0.4 is 16.6 Å². The Morgan fingerprint density at radius 1 is 1.03 bits per heavy atom. The van der Waals surface area contributed by atoms with Gasteiger partial charge >= 0.3 is 0 Å². The average molecular weight is 478 g/mol. The number of nitrogens with zero attached hydrogens (tertiary/aromatic N) is 6. The number of nitrogens with two attached hydrogens (primary N) is 1. The molecule has 1 unspecified atom stereocenters. The molecule has 0 aliphatic heterocycles. The highest BCUT2D eigenvalue weighted by molar-refractivity contribution is 5.78. The van der Waals surface area contributed by atoms with Crippen molar-refractivity contribution in [3.05, 3.63) is 107 Å². The standard InChI is InChI=1S/C26H19FN8O/c1-16(33-24-19(23(28)31-15-32-24)11-10-17-14-29-12-13-30-17)25-34-21-9-5-8-20(27)22(21)26(36)35(25)18-6-3-2-4-7-18/h2-9,12-16H,1H3,(H3,28,31,32,33). The first-order valence-electron chi connectivity index (χ1n) is 10.9. The smallest absolute Gasteiger partial charge is 0.269 e. The minimum Gasteiger partial charge on any atom is -0.382 e. The fraction of sp³-hybridized carbons (Fsp3) is 0.0769. The number of benzene rings is 2. The molecule has 3 aromatic heterocycles. The van der Waals surface area contributed by atoms with E-state index >= 15 is 0 Å². The van der Waals surface area contributed by atoms with Crippen LogP contribution in [0, 0.1) is 17.7 Å². The van der Waals surface area contributed by atoms with Crippen LogP contribution in [0.3, 0.4) is 0 Å². The summed E-state index contributed by atoms with van der Waals surface area (Å²) < 4.78 is 16.0. The van der Waals surface area contributed by atoms with Gasteiger partial charge in [-0.25, -0.2) is 24.3 Å². The number of hydrogen-bond donors (Lipinski definition) is 2. The number of fused-ring (bicyclic) bond motifs is 1. The van der Waals surface area contributed by atoms with Gasteiger partial charge in [0.25, 0.3) is 5.56 Å². The second-order valence-electron chi connectivity index (χ2n) is 7.77. The van der Waals surface area contributed by atoms with Gasteiger partial charge in [0.05, 0.1) is 23.4 Å². The van der Waals surface area contributed by atoms with Gasteiger partial charge in [-0.15, -0.1) is 0 Å². The molecular formula is C26H19FN8O.